The van der Waals surface area contributed by atoms with Gasteiger partial charge in [0.15, 0.2) is 0 Å². The Balaban J connectivity index is 1.51. The van der Waals surface area contributed by atoms with Crippen LogP contribution in [0.15, 0.2) is 0 Å². The number of rotatable bonds is 5. The fourth-order valence-corrected chi connectivity index (χ4v) is 3.68. The fraction of sp³-hybridized carbons (Fsp3) is 1.00. The first kappa shape index (κ1) is 15.3. The number of nitrogens with one attached hydrogen (secondary N) is 2. The summed E-state index contributed by atoms with van der Waals surface area (Å²) in [6.07, 6.45) is 15.7. The van der Waals surface area contributed by atoms with E-state index in [1.807, 2.05) is 0 Å². The molecule has 0 atom stereocenters. The van der Waals surface area contributed by atoms with Gasteiger partial charge in [0, 0.05) is 25.2 Å². The van der Waals surface area contributed by atoms with Crippen LogP contribution < -0.4 is 10.6 Å². The van der Waals surface area contributed by atoms with Gasteiger partial charge in [-0.1, -0.05) is 39.0 Å². The first-order chi connectivity index (χ1) is 9.34. The summed E-state index contributed by atoms with van der Waals surface area (Å²) < 4.78 is 0. The molecule has 19 heavy (non-hydrogen) atoms. The van der Waals surface area contributed by atoms with Crippen LogP contribution in [-0.2, 0) is 0 Å². The monoisotopic (exact) mass is 266 g/mol. The van der Waals surface area contributed by atoms with Crippen molar-refractivity contribution in [3.05, 3.63) is 0 Å². The van der Waals surface area contributed by atoms with Crippen LogP contribution in [0.5, 0.6) is 0 Å². The van der Waals surface area contributed by atoms with Crippen molar-refractivity contribution in [2.24, 2.45) is 5.92 Å². The molecule has 0 saturated heterocycles. The van der Waals surface area contributed by atoms with Gasteiger partial charge in [-0.3, -0.25) is 0 Å². The molecule has 2 rings (SSSR count). The van der Waals surface area contributed by atoms with Gasteiger partial charge in [0.25, 0.3) is 0 Å². The summed E-state index contributed by atoms with van der Waals surface area (Å²) >= 11 is 0. The Kier molecular flexibility index (Phi) is 7.23. The van der Waals surface area contributed by atoms with E-state index in [1.165, 1.54) is 70.6 Å². The van der Waals surface area contributed by atoms with E-state index < -0.39 is 0 Å². The van der Waals surface area contributed by atoms with Crippen LogP contribution in [0.3, 0.4) is 0 Å². The van der Waals surface area contributed by atoms with Gasteiger partial charge in [0.1, 0.15) is 0 Å². The Hall–Kier alpha value is -0.0800. The lowest BCUT2D eigenvalue weighted by Gasteiger charge is -2.27. The van der Waals surface area contributed by atoms with Gasteiger partial charge in [0.2, 0.25) is 0 Å². The van der Waals surface area contributed by atoms with Gasteiger partial charge < -0.3 is 10.6 Å². The maximum Gasteiger partial charge on any atom is 0.00794 e. The molecule has 0 amide bonds. The van der Waals surface area contributed by atoms with Crippen LogP contribution >= 0.6 is 0 Å². The quantitative estimate of drug-likeness (QED) is 0.738. The normalized spacial score (nSPS) is 30.8. The minimum absolute atomic E-state index is 0.800. The highest BCUT2D eigenvalue weighted by molar-refractivity contribution is 4.76. The zero-order valence-electron chi connectivity index (χ0n) is 12.9. The minimum atomic E-state index is 0.800. The van der Waals surface area contributed by atoms with Crippen LogP contribution in [0.1, 0.15) is 77.6 Å². The molecule has 0 radical (unpaired) electrons. The molecule has 2 heteroatoms. The van der Waals surface area contributed by atoms with Crippen molar-refractivity contribution in [1.82, 2.24) is 10.6 Å². The Morgan fingerprint density at radius 1 is 0.632 bits per heavy atom. The number of hydrogen-bond acceptors (Lipinski definition) is 2. The standard InChI is InChI=1S/C17H34N2/c1-15-9-11-17(12-10-15)19-14-13-18-16-7-5-3-2-4-6-8-16/h15-19H,2-14H2,1H3. The molecule has 0 aliphatic heterocycles. The topological polar surface area (TPSA) is 24.1 Å². The Labute approximate surface area is 120 Å². The van der Waals surface area contributed by atoms with Crippen LogP contribution in [0.4, 0.5) is 0 Å². The van der Waals surface area contributed by atoms with Crippen LogP contribution in [0, 0.1) is 5.92 Å². The smallest absolute Gasteiger partial charge is 0.00794 e. The molecule has 112 valence electrons. The molecule has 0 spiro atoms. The summed E-state index contributed by atoms with van der Waals surface area (Å²) in [6.45, 7) is 4.72. The zero-order chi connectivity index (χ0) is 13.3. The molecule has 0 aromatic heterocycles. The molecule has 2 fully saturated rings. The molecule has 0 bridgehead atoms. The van der Waals surface area contributed by atoms with Crippen molar-refractivity contribution < 1.29 is 0 Å². The highest BCUT2D eigenvalue weighted by Crippen LogP contribution is 2.23. The molecule has 2 saturated carbocycles. The van der Waals surface area contributed by atoms with Crippen molar-refractivity contribution >= 4 is 0 Å². The van der Waals surface area contributed by atoms with E-state index in [2.05, 4.69) is 17.6 Å². The molecule has 2 N–H and O–H groups in total. The lowest BCUT2D eigenvalue weighted by Crippen LogP contribution is -2.40. The SMILES string of the molecule is CC1CCC(NCCNC2CCCCCCC2)CC1. The lowest BCUT2D eigenvalue weighted by atomic mass is 9.87. The molecule has 0 unspecified atom stereocenters. The third-order valence-electron chi connectivity index (χ3n) is 5.11. The molecule has 0 aromatic rings. The summed E-state index contributed by atoms with van der Waals surface area (Å²) in [5.74, 6) is 0.964. The van der Waals surface area contributed by atoms with Crippen LogP contribution in [-0.4, -0.2) is 25.2 Å². The molecular formula is C17H34N2. The Morgan fingerprint density at radius 3 is 1.68 bits per heavy atom. The van der Waals surface area contributed by atoms with Gasteiger partial charge in [-0.15, -0.1) is 0 Å². The molecular weight excluding hydrogens is 232 g/mol. The molecule has 2 nitrogen and oxygen atoms in total. The van der Waals surface area contributed by atoms with Crippen LogP contribution in [0.25, 0.3) is 0 Å². The highest BCUT2D eigenvalue weighted by atomic mass is 15.0. The van der Waals surface area contributed by atoms with Crippen molar-refractivity contribution in [2.75, 3.05) is 13.1 Å². The summed E-state index contributed by atoms with van der Waals surface area (Å²) in [4.78, 5) is 0. The van der Waals surface area contributed by atoms with Gasteiger partial charge >= 0.3 is 0 Å². The largest absolute Gasteiger partial charge is 0.313 e. The predicted molar refractivity (Wildman–Crippen MR) is 83.5 cm³/mol. The highest BCUT2D eigenvalue weighted by Gasteiger charge is 2.17. The van der Waals surface area contributed by atoms with Crippen molar-refractivity contribution in [1.29, 1.82) is 0 Å². The average Bonchev–Trinajstić information content (AvgIpc) is 2.38. The molecule has 2 aliphatic rings. The molecule has 0 heterocycles. The molecule has 0 aromatic carbocycles. The van der Waals surface area contributed by atoms with E-state index in [-0.39, 0.29) is 0 Å². The minimum Gasteiger partial charge on any atom is -0.313 e. The van der Waals surface area contributed by atoms with E-state index in [0.29, 0.717) is 0 Å². The third-order valence-corrected chi connectivity index (χ3v) is 5.11. The first-order valence-electron chi connectivity index (χ1n) is 8.81. The van der Waals surface area contributed by atoms with Gasteiger partial charge in [-0.2, -0.15) is 0 Å². The van der Waals surface area contributed by atoms with E-state index >= 15 is 0 Å². The fourth-order valence-electron chi connectivity index (χ4n) is 3.68. The second-order valence-corrected chi connectivity index (χ2v) is 6.91. The summed E-state index contributed by atoms with van der Waals surface area (Å²) in [7, 11) is 0. The van der Waals surface area contributed by atoms with Gasteiger partial charge in [-0.25, -0.2) is 0 Å². The van der Waals surface area contributed by atoms with E-state index in [1.54, 1.807) is 0 Å². The van der Waals surface area contributed by atoms with Crippen molar-refractivity contribution in [2.45, 2.75) is 89.6 Å². The van der Waals surface area contributed by atoms with Crippen molar-refractivity contribution in [3.63, 3.8) is 0 Å². The Morgan fingerprint density at radius 2 is 1.11 bits per heavy atom. The Bertz CT molecular complexity index is 213. The molecule has 2 aliphatic carbocycles. The second kappa shape index (κ2) is 8.97. The number of hydrogen-bond donors (Lipinski definition) is 2. The summed E-state index contributed by atoms with van der Waals surface area (Å²) in [5.41, 5.74) is 0. The van der Waals surface area contributed by atoms with Crippen LogP contribution in [0.2, 0.25) is 0 Å². The maximum atomic E-state index is 3.78. The lowest BCUT2D eigenvalue weighted by molar-refractivity contribution is 0.304. The van der Waals surface area contributed by atoms with E-state index in [9.17, 15) is 0 Å². The predicted octanol–water partition coefficient (Wildman–Crippen LogP) is 3.86. The van der Waals surface area contributed by atoms with Crippen molar-refractivity contribution in [3.8, 4) is 0 Å². The third kappa shape index (κ3) is 6.27. The van der Waals surface area contributed by atoms with Gasteiger partial charge in [-0.05, 0) is 44.4 Å². The summed E-state index contributed by atoms with van der Waals surface area (Å²) in [6, 6.07) is 1.60. The second-order valence-electron chi connectivity index (χ2n) is 6.91. The maximum absolute atomic E-state index is 3.78. The average molecular weight is 266 g/mol. The first-order valence-corrected chi connectivity index (χ1v) is 8.81. The van der Waals surface area contributed by atoms with Gasteiger partial charge in [0.05, 0.1) is 0 Å². The van der Waals surface area contributed by atoms with E-state index in [4.69, 9.17) is 0 Å². The zero-order valence-corrected chi connectivity index (χ0v) is 12.9. The summed E-state index contributed by atoms with van der Waals surface area (Å²) in [5, 5.41) is 7.52. The van der Waals surface area contributed by atoms with E-state index in [0.717, 1.165) is 31.1 Å².